The maximum absolute atomic E-state index is 5.59. The highest BCUT2D eigenvalue weighted by Gasteiger charge is 2.21. The summed E-state index contributed by atoms with van der Waals surface area (Å²) in [7, 11) is 0. The van der Waals surface area contributed by atoms with Crippen molar-refractivity contribution in [2.24, 2.45) is 0 Å². The van der Waals surface area contributed by atoms with Gasteiger partial charge in [0.15, 0.2) is 0 Å². The van der Waals surface area contributed by atoms with E-state index in [9.17, 15) is 0 Å². The van der Waals surface area contributed by atoms with Crippen LogP contribution in [-0.2, 0) is 5.41 Å². The number of aryl methyl sites for hydroxylation is 1. The molecule has 0 aromatic carbocycles. The minimum atomic E-state index is -0.0624. The molecule has 2 aromatic heterocycles. The van der Waals surface area contributed by atoms with Crippen LogP contribution in [0.3, 0.4) is 0 Å². The molecule has 0 unspecified atom stereocenters. The summed E-state index contributed by atoms with van der Waals surface area (Å²) in [6.07, 6.45) is 1.75. The van der Waals surface area contributed by atoms with Crippen LogP contribution in [-0.4, -0.2) is 9.97 Å². The van der Waals surface area contributed by atoms with Crippen LogP contribution in [0.25, 0.3) is 11.2 Å². The van der Waals surface area contributed by atoms with Gasteiger partial charge in [-0.15, -0.1) is 0 Å². The Morgan fingerprint density at radius 1 is 1.29 bits per heavy atom. The lowest BCUT2D eigenvalue weighted by atomic mass is 9.97. The molecular formula is C11H14N2O. The third-order valence-corrected chi connectivity index (χ3v) is 2.14. The summed E-state index contributed by atoms with van der Waals surface area (Å²) < 4.78 is 5.59. The van der Waals surface area contributed by atoms with Crippen LogP contribution in [0.2, 0.25) is 0 Å². The molecule has 0 atom stereocenters. The lowest BCUT2D eigenvalue weighted by Gasteiger charge is -2.11. The van der Waals surface area contributed by atoms with Gasteiger partial charge in [-0.2, -0.15) is 0 Å². The molecule has 2 aromatic rings. The zero-order valence-electron chi connectivity index (χ0n) is 8.96. The van der Waals surface area contributed by atoms with Crippen molar-refractivity contribution in [2.45, 2.75) is 33.1 Å². The van der Waals surface area contributed by atoms with Gasteiger partial charge in [0.05, 0.1) is 0 Å². The largest absolute Gasteiger partial charge is 0.422 e. The number of hydrogen-bond acceptors (Lipinski definition) is 3. The molecule has 0 spiro atoms. The second-order valence-electron chi connectivity index (χ2n) is 4.55. The summed E-state index contributed by atoms with van der Waals surface area (Å²) in [5.74, 6) is 0.745. The third-order valence-electron chi connectivity index (χ3n) is 2.14. The zero-order chi connectivity index (χ0) is 10.3. The first kappa shape index (κ1) is 9.19. The highest BCUT2D eigenvalue weighted by Crippen LogP contribution is 2.25. The van der Waals surface area contributed by atoms with Crippen LogP contribution >= 0.6 is 0 Å². The van der Waals surface area contributed by atoms with E-state index in [4.69, 9.17) is 4.42 Å². The Bertz CT molecular complexity index is 466. The summed E-state index contributed by atoms with van der Waals surface area (Å²) >= 11 is 0. The molecule has 2 rings (SSSR count). The molecular weight excluding hydrogens is 176 g/mol. The van der Waals surface area contributed by atoms with Crippen LogP contribution in [0.5, 0.6) is 0 Å². The van der Waals surface area contributed by atoms with Crippen LogP contribution < -0.4 is 0 Å². The molecule has 0 aliphatic carbocycles. The summed E-state index contributed by atoms with van der Waals surface area (Å²) in [4.78, 5) is 8.60. The average Bonchev–Trinajstić information content (AvgIpc) is 2.48. The Hall–Kier alpha value is -1.38. The van der Waals surface area contributed by atoms with Crippen molar-refractivity contribution in [1.29, 1.82) is 0 Å². The van der Waals surface area contributed by atoms with Crippen molar-refractivity contribution >= 4 is 11.2 Å². The summed E-state index contributed by atoms with van der Waals surface area (Å²) in [5, 5.41) is 0. The van der Waals surface area contributed by atoms with Gasteiger partial charge in [0.1, 0.15) is 5.52 Å². The summed E-state index contributed by atoms with van der Waals surface area (Å²) in [6.45, 7) is 8.24. The first-order valence-electron chi connectivity index (χ1n) is 4.71. The van der Waals surface area contributed by atoms with E-state index in [0.29, 0.717) is 5.71 Å². The number of hydrogen-bond donors (Lipinski definition) is 0. The number of pyridine rings is 1. The fraction of sp³-hybridized carbons (Fsp3) is 0.455. The maximum atomic E-state index is 5.59. The van der Waals surface area contributed by atoms with Crippen molar-refractivity contribution < 1.29 is 4.42 Å². The Kier molecular flexibility index (Phi) is 1.84. The van der Waals surface area contributed by atoms with Crippen LogP contribution in [0.1, 0.15) is 32.2 Å². The molecule has 0 aliphatic rings. The van der Waals surface area contributed by atoms with E-state index in [0.717, 1.165) is 17.0 Å². The quantitative estimate of drug-likeness (QED) is 0.641. The summed E-state index contributed by atoms with van der Waals surface area (Å²) in [6, 6.07) is 1.94. The molecule has 0 fully saturated rings. The molecule has 0 bridgehead atoms. The molecule has 2 heterocycles. The van der Waals surface area contributed by atoms with E-state index >= 15 is 0 Å². The van der Waals surface area contributed by atoms with Gasteiger partial charge in [-0.3, -0.25) is 0 Å². The lowest BCUT2D eigenvalue weighted by Crippen LogP contribution is -2.11. The Balaban J connectivity index is 2.69. The first-order valence-corrected chi connectivity index (χ1v) is 4.71. The molecule has 0 saturated heterocycles. The smallest absolute Gasteiger partial charge is 0.247 e. The number of oxazole rings is 1. The van der Waals surface area contributed by atoms with Gasteiger partial charge in [-0.1, -0.05) is 20.8 Å². The van der Waals surface area contributed by atoms with Crippen molar-refractivity contribution in [3.05, 3.63) is 23.7 Å². The number of fused-ring (bicyclic) bond motifs is 1. The Labute approximate surface area is 83.2 Å². The topological polar surface area (TPSA) is 38.9 Å². The van der Waals surface area contributed by atoms with Gasteiger partial charge in [-0.05, 0) is 18.6 Å². The van der Waals surface area contributed by atoms with Crippen molar-refractivity contribution in [3.63, 3.8) is 0 Å². The second kappa shape index (κ2) is 2.80. The van der Waals surface area contributed by atoms with E-state index in [1.165, 1.54) is 0 Å². The fourth-order valence-electron chi connectivity index (χ4n) is 1.27. The molecule has 0 N–H and O–H groups in total. The normalized spacial score (nSPS) is 12.3. The van der Waals surface area contributed by atoms with Gasteiger partial charge in [0.25, 0.3) is 0 Å². The van der Waals surface area contributed by atoms with Crippen molar-refractivity contribution in [1.82, 2.24) is 9.97 Å². The van der Waals surface area contributed by atoms with Gasteiger partial charge in [0, 0.05) is 11.6 Å². The van der Waals surface area contributed by atoms with Gasteiger partial charge in [0.2, 0.25) is 11.6 Å². The number of aromatic nitrogens is 2. The molecule has 3 nitrogen and oxygen atoms in total. The molecule has 0 amide bonds. The monoisotopic (exact) mass is 190 g/mol. The van der Waals surface area contributed by atoms with Gasteiger partial charge < -0.3 is 4.42 Å². The minimum absolute atomic E-state index is 0.0624. The van der Waals surface area contributed by atoms with Crippen LogP contribution in [0.15, 0.2) is 16.7 Å². The van der Waals surface area contributed by atoms with E-state index in [1.54, 1.807) is 6.20 Å². The highest BCUT2D eigenvalue weighted by molar-refractivity contribution is 5.72. The minimum Gasteiger partial charge on any atom is -0.422 e. The lowest BCUT2D eigenvalue weighted by molar-refractivity contribution is 0.407. The van der Waals surface area contributed by atoms with Gasteiger partial charge >= 0.3 is 0 Å². The molecule has 14 heavy (non-hydrogen) atoms. The first-order chi connectivity index (χ1) is 6.48. The molecule has 0 radical (unpaired) electrons. The summed E-state index contributed by atoms with van der Waals surface area (Å²) in [5.41, 5.74) is 2.55. The van der Waals surface area contributed by atoms with Crippen molar-refractivity contribution in [2.75, 3.05) is 0 Å². The van der Waals surface area contributed by atoms with Crippen LogP contribution in [0.4, 0.5) is 0 Å². The number of rotatable bonds is 0. The van der Waals surface area contributed by atoms with E-state index < -0.39 is 0 Å². The van der Waals surface area contributed by atoms with Gasteiger partial charge in [-0.25, -0.2) is 9.97 Å². The predicted octanol–water partition coefficient (Wildman–Crippen LogP) is 2.83. The van der Waals surface area contributed by atoms with E-state index in [1.807, 2.05) is 13.0 Å². The molecule has 0 aliphatic heterocycles. The van der Waals surface area contributed by atoms with E-state index in [-0.39, 0.29) is 5.41 Å². The maximum Gasteiger partial charge on any atom is 0.247 e. The predicted molar refractivity (Wildman–Crippen MR) is 55.2 cm³/mol. The van der Waals surface area contributed by atoms with E-state index in [2.05, 4.69) is 30.7 Å². The third kappa shape index (κ3) is 1.39. The SMILES string of the molecule is Cc1ccnc2oc(C(C)(C)C)nc12. The fourth-order valence-corrected chi connectivity index (χ4v) is 1.27. The average molecular weight is 190 g/mol. The molecule has 74 valence electrons. The molecule has 0 saturated carbocycles. The second-order valence-corrected chi connectivity index (χ2v) is 4.55. The zero-order valence-corrected chi connectivity index (χ0v) is 8.96. The van der Waals surface area contributed by atoms with Crippen molar-refractivity contribution in [3.8, 4) is 0 Å². The highest BCUT2D eigenvalue weighted by atomic mass is 16.4. The molecule has 3 heteroatoms. The Morgan fingerprint density at radius 3 is 2.57 bits per heavy atom. The Morgan fingerprint density at radius 2 is 2.00 bits per heavy atom. The standard InChI is InChI=1S/C11H14N2O/c1-7-5-6-12-9-8(7)13-10(14-9)11(2,3)4/h5-6H,1-4H3. The van der Waals surface area contributed by atoms with Crippen LogP contribution in [0, 0.1) is 6.92 Å². The number of nitrogens with zero attached hydrogens (tertiary/aromatic N) is 2.